The number of benzene rings is 2. The summed E-state index contributed by atoms with van der Waals surface area (Å²) in [6.07, 6.45) is -0.458. The Morgan fingerprint density at radius 3 is 2.31 bits per heavy atom. The lowest BCUT2D eigenvalue weighted by molar-refractivity contribution is -0.139. The first kappa shape index (κ1) is 19.4. The second-order valence-corrected chi connectivity index (χ2v) is 5.49. The summed E-state index contributed by atoms with van der Waals surface area (Å²) in [5.41, 5.74) is 1.46. The van der Waals surface area contributed by atoms with Gasteiger partial charge in [0.2, 0.25) is 0 Å². The lowest BCUT2D eigenvalue weighted by atomic mass is 10.1. The Bertz CT molecular complexity index is 749. The van der Waals surface area contributed by atoms with Gasteiger partial charge in [-0.05, 0) is 23.8 Å². The third kappa shape index (κ3) is 5.29. The standard InChI is InChI=1S/C19H21FN2O4/c1-25-16-6-4-3-5-15(16)17(26-2)12-22-19(24)18(23)21-11-13-7-9-14(20)10-8-13/h3-10,17H,11-12H2,1-2H3,(H,21,23)(H,22,24)/t17-/m1/s1. The van der Waals surface area contributed by atoms with Crippen molar-refractivity contribution in [3.63, 3.8) is 0 Å². The molecule has 0 aliphatic carbocycles. The van der Waals surface area contributed by atoms with Gasteiger partial charge in [0.25, 0.3) is 0 Å². The molecule has 0 aliphatic rings. The summed E-state index contributed by atoms with van der Waals surface area (Å²) >= 11 is 0. The molecule has 2 N–H and O–H groups in total. The van der Waals surface area contributed by atoms with Crippen molar-refractivity contribution in [2.45, 2.75) is 12.6 Å². The number of hydrogen-bond donors (Lipinski definition) is 2. The number of nitrogens with one attached hydrogen (secondary N) is 2. The van der Waals surface area contributed by atoms with Crippen molar-refractivity contribution in [1.82, 2.24) is 10.6 Å². The summed E-state index contributed by atoms with van der Waals surface area (Å²) in [6, 6.07) is 12.9. The van der Waals surface area contributed by atoms with Gasteiger partial charge in [0.05, 0.1) is 7.11 Å². The van der Waals surface area contributed by atoms with Gasteiger partial charge in [0.15, 0.2) is 0 Å². The Hall–Kier alpha value is -2.93. The van der Waals surface area contributed by atoms with Gasteiger partial charge in [0, 0.05) is 25.8 Å². The highest BCUT2D eigenvalue weighted by Gasteiger charge is 2.19. The lowest BCUT2D eigenvalue weighted by Crippen LogP contribution is -2.41. The van der Waals surface area contributed by atoms with Crippen LogP contribution < -0.4 is 15.4 Å². The number of hydrogen-bond acceptors (Lipinski definition) is 4. The molecule has 0 heterocycles. The van der Waals surface area contributed by atoms with E-state index in [0.717, 1.165) is 5.56 Å². The zero-order chi connectivity index (χ0) is 18.9. The van der Waals surface area contributed by atoms with E-state index in [-0.39, 0.29) is 18.9 Å². The van der Waals surface area contributed by atoms with Crippen molar-refractivity contribution in [3.05, 3.63) is 65.5 Å². The third-order valence-corrected chi connectivity index (χ3v) is 3.79. The number of carbonyl (C=O) groups excluding carboxylic acids is 2. The van der Waals surface area contributed by atoms with Crippen molar-refractivity contribution in [3.8, 4) is 5.75 Å². The molecule has 0 aliphatic heterocycles. The van der Waals surface area contributed by atoms with Crippen LogP contribution in [0.15, 0.2) is 48.5 Å². The van der Waals surface area contributed by atoms with Gasteiger partial charge in [-0.1, -0.05) is 30.3 Å². The van der Waals surface area contributed by atoms with Gasteiger partial charge >= 0.3 is 11.8 Å². The Morgan fingerprint density at radius 1 is 1.00 bits per heavy atom. The van der Waals surface area contributed by atoms with Crippen LogP contribution in [0, 0.1) is 5.82 Å². The normalized spacial score (nSPS) is 11.5. The molecule has 7 heteroatoms. The fourth-order valence-corrected chi connectivity index (χ4v) is 2.38. The average Bonchev–Trinajstić information content (AvgIpc) is 2.67. The van der Waals surface area contributed by atoms with Gasteiger partial charge in [-0.3, -0.25) is 9.59 Å². The maximum atomic E-state index is 12.8. The van der Waals surface area contributed by atoms with Gasteiger partial charge in [-0.2, -0.15) is 0 Å². The van der Waals surface area contributed by atoms with Gasteiger partial charge in [0.1, 0.15) is 17.7 Å². The van der Waals surface area contributed by atoms with E-state index in [9.17, 15) is 14.0 Å². The first-order chi connectivity index (χ1) is 12.5. The average molecular weight is 360 g/mol. The molecule has 2 aromatic rings. The number of carbonyl (C=O) groups is 2. The van der Waals surface area contributed by atoms with Crippen LogP contribution in [0.1, 0.15) is 17.2 Å². The number of ether oxygens (including phenoxy) is 2. The van der Waals surface area contributed by atoms with E-state index < -0.39 is 17.9 Å². The van der Waals surface area contributed by atoms with Gasteiger partial charge in [-0.15, -0.1) is 0 Å². The summed E-state index contributed by atoms with van der Waals surface area (Å²) in [5, 5.41) is 5.02. The predicted octanol–water partition coefficient (Wildman–Crippen LogP) is 1.95. The van der Waals surface area contributed by atoms with Crippen molar-refractivity contribution in [2.75, 3.05) is 20.8 Å². The minimum atomic E-state index is -0.774. The SMILES string of the molecule is COc1ccccc1[C@@H](CNC(=O)C(=O)NCc1ccc(F)cc1)OC. The Balaban J connectivity index is 1.87. The Kier molecular flexibility index (Phi) is 7.11. The number of halogens is 1. The number of rotatable bonds is 7. The Morgan fingerprint density at radius 2 is 1.65 bits per heavy atom. The van der Waals surface area contributed by atoms with E-state index in [1.54, 1.807) is 13.2 Å². The molecule has 6 nitrogen and oxygen atoms in total. The first-order valence-electron chi connectivity index (χ1n) is 8.01. The number of methoxy groups -OCH3 is 2. The predicted molar refractivity (Wildman–Crippen MR) is 94.0 cm³/mol. The largest absolute Gasteiger partial charge is 0.496 e. The molecule has 0 spiro atoms. The lowest BCUT2D eigenvalue weighted by Gasteiger charge is -2.18. The number of para-hydroxylation sites is 1. The highest BCUT2D eigenvalue weighted by atomic mass is 19.1. The van der Waals surface area contributed by atoms with E-state index in [2.05, 4.69) is 10.6 Å². The smallest absolute Gasteiger partial charge is 0.309 e. The van der Waals surface area contributed by atoms with Crippen molar-refractivity contribution < 1.29 is 23.5 Å². The number of amides is 2. The summed E-state index contributed by atoms with van der Waals surface area (Å²) < 4.78 is 23.5. The van der Waals surface area contributed by atoms with Crippen molar-refractivity contribution in [2.24, 2.45) is 0 Å². The zero-order valence-electron chi connectivity index (χ0n) is 14.6. The third-order valence-electron chi connectivity index (χ3n) is 3.79. The maximum Gasteiger partial charge on any atom is 0.309 e. The van der Waals surface area contributed by atoms with E-state index >= 15 is 0 Å². The first-order valence-corrected chi connectivity index (χ1v) is 8.01. The monoisotopic (exact) mass is 360 g/mol. The van der Waals surface area contributed by atoms with E-state index in [0.29, 0.717) is 11.3 Å². The van der Waals surface area contributed by atoms with Gasteiger partial charge < -0.3 is 20.1 Å². The molecule has 0 bridgehead atoms. The molecule has 0 fully saturated rings. The Labute approximate surface area is 151 Å². The summed E-state index contributed by atoms with van der Waals surface area (Å²) in [5.74, 6) is -1.28. The summed E-state index contributed by atoms with van der Waals surface area (Å²) in [6.45, 7) is 0.242. The minimum Gasteiger partial charge on any atom is -0.496 e. The fraction of sp³-hybridized carbons (Fsp3) is 0.263. The maximum absolute atomic E-state index is 12.8. The molecule has 2 amide bonds. The van der Waals surface area contributed by atoms with Crippen LogP contribution in [0.3, 0.4) is 0 Å². The topological polar surface area (TPSA) is 76.7 Å². The molecule has 0 saturated carbocycles. The van der Waals surface area contributed by atoms with Crippen LogP contribution in [0.2, 0.25) is 0 Å². The molecule has 0 aromatic heterocycles. The van der Waals surface area contributed by atoms with Crippen molar-refractivity contribution in [1.29, 1.82) is 0 Å². The molecule has 138 valence electrons. The highest BCUT2D eigenvalue weighted by Crippen LogP contribution is 2.26. The van der Waals surface area contributed by atoms with Crippen LogP contribution >= 0.6 is 0 Å². The molecular formula is C19H21FN2O4. The van der Waals surface area contributed by atoms with E-state index in [4.69, 9.17) is 9.47 Å². The molecular weight excluding hydrogens is 339 g/mol. The van der Waals surface area contributed by atoms with E-state index in [1.165, 1.54) is 31.4 Å². The molecule has 2 rings (SSSR count). The molecule has 26 heavy (non-hydrogen) atoms. The molecule has 1 atom stereocenters. The fourth-order valence-electron chi connectivity index (χ4n) is 2.38. The molecule has 0 radical (unpaired) electrons. The van der Waals surface area contributed by atoms with Gasteiger partial charge in [-0.25, -0.2) is 4.39 Å². The van der Waals surface area contributed by atoms with Crippen LogP contribution in [0.4, 0.5) is 4.39 Å². The van der Waals surface area contributed by atoms with Crippen LogP contribution in [0.25, 0.3) is 0 Å². The second kappa shape index (κ2) is 9.53. The van der Waals surface area contributed by atoms with Crippen LogP contribution in [-0.2, 0) is 20.9 Å². The molecule has 0 saturated heterocycles. The molecule has 2 aromatic carbocycles. The van der Waals surface area contributed by atoms with Crippen molar-refractivity contribution >= 4 is 11.8 Å². The minimum absolute atomic E-state index is 0.111. The quantitative estimate of drug-likeness (QED) is 0.740. The summed E-state index contributed by atoms with van der Waals surface area (Å²) in [7, 11) is 3.06. The van der Waals surface area contributed by atoms with Crippen LogP contribution in [0.5, 0.6) is 5.75 Å². The highest BCUT2D eigenvalue weighted by molar-refractivity contribution is 6.35. The van der Waals surface area contributed by atoms with Crippen LogP contribution in [-0.4, -0.2) is 32.6 Å². The summed E-state index contributed by atoms with van der Waals surface area (Å²) in [4.78, 5) is 23.8. The zero-order valence-corrected chi connectivity index (χ0v) is 14.6. The second-order valence-electron chi connectivity index (χ2n) is 5.49. The molecule has 0 unspecified atom stereocenters. The van der Waals surface area contributed by atoms with E-state index in [1.807, 2.05) is 18.2 Å².